The van der Waals surface area contributed by atoms with Crippen LogP contribution in [0.2, 0.25) is 0 Å². The smallest absolute Gasteiger partial charge is 0.253 e. The maximum absolute atomic E-state index is 14.3. The van der Waals surface area contributed by atoms with Crippen molar-refractivity contribution in [2.45, 2.75) is 57.3 Å². The molecule has 3 N–H and O–H groups in total. The number of anilines is 1. The number of aryl methyl sites for hydroxylation is 2. The number of amides is 2. The van der Waals surface area contributed by atoms with Gasteiger partial charge in [0.1, 0.15) is 30.6 Å². The normalized spacial score (nSPS) is 21.0. The number of aromatic nitrogens is 6. The van der Waals surface area contributed by atoms with Gasteiger partial charge in [-0.3, -0.25) is 9.59 Å². The number of carbonyl (C=O) groups excluding carboxylic acids is 2. The highest BCUT2D eigenvalue weighted by molar-refractivity contribution is 5.93. The Morgan fingerprint density at radius 1 is 1.30 bits per heavy atom. The van der Waals surface area contributed by atoms with Crippen molar-refractivity contribution in [2.24, 2.45) is 5.73 Å². The van der Waals surface area contributed by atoms with Gasteiger partial charge < -0.3 is 20.9 Å². The second-order valence-corrected chi connectivity index (χ2v) is 10.9. The van der Waals surface area contributed by atoms with Crippen molar-refractivity contribution in [1.29, 1.82) is 0 Å². The molecule has 0 bridgehead atoms. The van der Waals surface area contributed by atoms with E-state index in [0.717, 1.165) is 42.0 Å². The zero-order valence-electron chi connectivity index (χ0n) is 23.0. The molecule has 2 aliphatic rings. The van der Waals surface area contributed by atoms with Gasteiger partial charge >= 0.3 is 0 Å². The van der Waals surface area contributed by atoms with Crippen LogP contribution in [0.15, 0.2) is 49.2 Å². The summed E-state index contributed by atoms with van der Waals surface area (Å²) in [4.78, 5) is 40.2. The van der Waals surface area contributed by atoms with E-state index in [-0.39, 0.29) is 30.4 Å². The molecule has 40 heavy (non-hydrogen) atoms. The Labute approximate surface area is 232 Å². The van der Waals surface area contributed by atoms with Crippen molar-refractivity contribution in [3.63, 3.8) is 0 Å². The first kappa shape index (κ1) is 25.9. The first-order chi connectivity index (χ1) is 19.2. The number of fused-ring (bicyclic) bond motifs is 2. The minimum atomic E-state index is -1.19. The maximum Gasteiger partial charge on any atom is 0.253 e. The van der Waals surface area contributed by atoms with E-state index in [2.05, 4.69) is 20.3 Å². The topological polar surface area (TPSA) is 140 Å². The van der Waals surface area contributed by atoms with Crippen LogP contribution in [-0.2, 0) is 28.1 Å². The standard InChI is InChI=1S/C28H34N10O2/c1-18-13-38-24(32-26(18)36-11-9-21(29)14-36)12-23(34-38)19(2)35(3)27(40)28(10-8-20-6-4-5-7-22(20)28)33-25(39)15-37-17-30-16-31-37/h4-7,12-13,16-17,19,21H,8-11,14-15,29H2,1-3H3,(H,33,39)/t19-,21-,28?/m0/s1. The van der Waals surface area contributed by atoms with Crippen molar-refractivity contribution >= 4 is 23.3 Å². The summed E-state index contributed by atoms with van der Waals surface area (Å²) in [7, 11) is 1.76. The average molecular weight is 543 g/mol. The van der Waals surface area contributed by atoms with Gasteiger partial charge in [0.05, 0.1) is 11.7 Å². The molecule has 12 nitrogen and oxygen atoms in total. The molecule has 6 rings (SSSR count). The molecule has 1 aliphatic carbocycles. The van der Waals surface area contributed by atoms with Crippen LogP contribution >= 0.6 is 0 Å². The van der Waals surface area contributed by atoms with Crippen LogP contribution in [0, 0.1) is 6.92 Å². The summed E-state index contributed by atoms with van der Waals surface area (Å²) in [6, 6.07) is 9.51. The summed E-state index contributed by atoms with van der Waals surface area (Å²) in [5, 5.41) is 11.9. The molecule has 4 heterocycles. The minimum Gasteiger partial charge on any atom is -0.355 e. The quantitative estimate of drug-likeness (QED) is 0.357. The molecule has 0 saturated carbocycles. The van der Waals surface area contributed by atoms with E-state index < -0.39 is 5.54 Å². The van der Waals surface area contributed by atoms with Gasteiger partial charge in [-0.05, 0) is 44.2 Å². The summed E-state index contributed by atoms with van der Waals surface area (Å²) >= 11 is 0. The third-order valence-corrected chi connectivity index (χ3v) is 8.21. The number of nitrogens with zero attached hydrogens (tertiary/aromatic N) is 8. The van der Waals surface area contributed by atoms with Gasteiger partial charge in [0, 0.05) is 44.0 Å². The Morgan fingerprint density at radius 2 is 2.12 bits per heavy atom. The lowest BCUT2D eigenvalue weighted by molar-refractivity contribution is -0.143. The Morgan fingerprint density at radius 3 is 2.88 bits per heavy atom. The van der Waals surface area contributed by atoms with Gasteiger partial charge in [0.15, 0.2) is 5.65 Å². The van der Waals surface area contributed by atoms with E-state index in [1.54, 1.807) is 16.5 Å². The lowest BCUT2D eigenvalue weighted by Gasteiger charge is -2.36. The molecule has 3 aromatic heterocycles. The van der Waals surface area contributed by atoms with E-state index in [9.17, 15) is 9.59 Å². The average Bonchev–Trinajstić information content (AvgIpc) is 3.75. The first-order valence-corrected chi connectivity index (χ1v) is 13.6. The predicted molar refractivity (Wildman–Crippen MR) is 148 cm³/mol. The highest BCUT2D eigenvalue weighted by Gasteiger charge is 2.48. The molecule has 1 aromatic carbocycles. The fourth-order valence-electron chi connectivity index (χ4n) is 5.95. The van der Waals surface area contributed by atoms with Crippen molar-refractivity contribution in [3.05, 3.63) is 71.6 Å². The molecule has 0 spiro atoms. The van der Waals surface area contributed by atoms with Gasteiger partial charge in [-0.2, -0.15) is 10.2 Å². The monoisotopic (exact) mass is 542 g/mol. The Balaban J connectivity index is 1.29. The van der Waals surface area contributed by atoms with Crippen LogP contribution in [0.5, 0.6) is 0 Å². The van der Waals surface area contributed by atoms with E-state index in [1.807, 2.05) is 50.4 Å². The first-order valence-electron chi connectivity index (χ1n) is 13.6. The largest absolute Gasteiger partial charge is 0.355 e. The molecule has 1 unspecified atom stereocenters. The molecule has 4 aromatic rings. The maximum atomic E-state index is 14.3. The van der Waals surface area contributed by atoms with Crippen LogP contribution in [-0.4, -0.2) is 72.3 Å². The minimum absolute atomic E-state index is 0.0296. The van der Waals surface area contributed by atoms with Crippen LogP contribution in [0.3, 0.4) is 0 Å². The number of likely N-dealkylation sites (N-methyl/N-ethyl adjacent to an activating group) is 1. The molecule has 1 saturated heterocycles. The molecular formula is C28H34N10O2. The molecule has 12 heteroatoms. The van der Waals surface area contributed by atoms with E-state index in [0.29, 0.717) is 24.2 Å². The fraction of sp³-hybridized carbons (Fsp3) is 0.429. The highest BCUT2D eigenvalue weighted by atomic mass is 16.2. The third-order valence-electron chi connectivity index (χ3n) is 8.21. The number of benzene rings is 1. The number of carbonyl (C=O) groups is 2. The zero-order chi connectivity index (χ0) is 28.0. The second kappa shape index (κ2) is 10.0. The molecular weight excluding hydrogens is 508 g/mol. The lowest BCUT2D eigenvalue weighted by Crippen LogP contribution is -2.56. The van der Waals surface area contributed by atoms with Crippen molar-refractivity contribution in [2.75, 3.05) is 25.0 Å². The molecule has 1 fully saturated rings. The number of nitrogens with one attached hydrogen (secondary N) is 1. The third kappa shape index (κ3) is 4.47. The Hall–Kier alpha value is -4.32. The van der Waals surface area contributed by atoms with Crippen molar-refractivity contribution in [1.82, 2.24) is 39.6 Å². The molecule has 2 amide bonds. The summed E-state index contributed by atoms with van der Waals surface area (Å²) in [5.74, 6) is 0.420. The fourth-order valence-corrected chi connectivity index (χ4v) is 5.95. The molecule has 0 radical (unpaired) electrons. The van der Waals surface area contributed by atoms with Gasteiger partial charge in [-0.1, -0.05) is 24.3 Å². The van der Waals surface area contributed by atoms with Crippen molar-refractivity contribution in [3.8, 4) is 0 Å². The van der Waals surface area contributed by atoms with E-state index in [1.165, 1.54) is 17.3 Å². The number of hydrogen-bond acceptors (Lipinski definition) is 8. The van der Waals surface area contributed by atoms with Crippen LogP contribution in [0.25, 0.3) is 5.65 Å². The van der Waals surface area contributed by atoms with Gasteiger partial charge in [0.25, 0.3) is 5.91 Å². The Kier molecular flexibility index (Phi) is 6.49. The number of rotatable bonds is 7. The van der Waals surface area contributed by atoms with Crippen LogP contribution < -0.4 is 16.0 Å². The summed E-state index contributed by atoms with van der Waals surface area (Å²) in [6.07, 6.45) is 6.93. The molecule has 3 atom stereocenters. The number of nitrogens with two attached hydrogens (primary N) is 1. The predicted octanol–water partition coefficient (Wildman–Crippen LogP) is 1.34. The van der Waals surface area contributed by atoms with E-state index >= 15 is 0 Å². The zero-order valence-corrected chi connectivity index (χ0v) is 23.0. The van der Waals surface area contributed by atoms with Gasteiger partial charge in [-0.25, -0.2) is 19.2 Å². The van der Waals surface area contributed by atoms with E-state index in [4.69, 9.17) is 15.8 Å². The van der Waals surface area contributed by atoms with Crippen molar-refractivity contribution < 1.29 is 9.59 Å². The summed E-state index contributed by atoms with van der Waals surface area (Å²) in [6.45, 7) is 5.60. The molecule has 1 aliphatic heterocycles. The van der Waals surface area contributed by atoms with Gasteiger partial charge in [-0.15, -0.1) is 0 Å². The summed E-state index contributed by atoms with van der Waals surface area (Å²) < 4.78 is 3.20. The van der Waals surface area contributed by atoms with Crippen LogP contribution in [0.4, 0.5) is 5.82 Å². The van der Waals surface area contributed by atoms with Crippen LogP contribution in [0.1, 0.15) is 48.2 Å². The summed E-state index contributed by atoms with van der Waals surface area (Å²) in [5.41, 5.74) is 9.27. The van der Waals surface area contributed by atoms with Gasteiger partial charge in [0.2, 0.25) is 5.91 Å². The lowest BCUT2D eigenvalue weighted by atomic mass is 9.89. The SMILES string of the molecule is Cc1cn2nc([C@H](C)N(C)C(=O)C3(NC(=O)Cn4cncn4)CCc4ccccc43)cc2nc1N1CC[C@H](N)C1. The highest BCUT2D eigenvalue weighted by Crippen LogP contribution is 2.39. The number of hydrogen-bond donors (Lipinski definition) is 2. The second-order valence-electron chi connectivity index (χ2n) is 10.9. The molecule has 208 valence electrons. The Bertz CT molecular complexity index is 1560.